The van der Waals surface area contributed by atoms with Crippen molar-refractivity contribution in [2.45, 2.75) is 203 Å². The molecule has 0 radical (unpaired) electrons. The van der Waals surface area contributed by atoms with Crippen LogP contribution in [-0.4, -0.2) is 0 Å². The second kappa shape index (κ2) is 10.8. The molecule has 0 atom stereocenters. The van der Waals surface area contributed by atoms with E-state index in [-0.39, 0.29) is 43.3 Å². The second-order valence-corrected chi connectivity index (χ2v) is 21.4. The van der Waals surface area contributed by atoms with Crippen LogP contribution in [-0.2, 0) is 43.3 Å². The predicted octanol–water partition coefficient (Wildman–Crippen LogP) is 13.1. The highest BCUT2D eigenvalue weighted by atomic mass is 14.5. The Bertz CT molecular complexity index is 1270. The van der Waals surface area contributed by atoms with Gasteiger partial charge in [0.15, 0.2) is 0 Å². The first-order valence-electron chi connectivity index (χ1n) is 17.0. The van der Waals surface area contributed by atoms with Crippen LogP contribution in [0.2, 0.25) is 0 Å². The van der Waals surface area contributed by atoms with Gasteiger partial charge in [-0.25, -0.2) is 0 Å². The largest absolute Gasteiger partial charge is 0.0582 e. The van der Waals surface area contributed by atoms with Crippen molar-refractivity contribution in [1.29, 1.82) is 0 Å². The lowest BCUT2D eigenvalue weighted by Crippen LogP contribution is -2.41. The van der Waals surface area contributed by atoms with Crippen molar-refractivity contribution in [3.05, 3.63) is 68.3 Å². The molecule has 244 valence electrons. The van der Waals surface area contributed by atoms with Crippen molar-refractivity contribution < 1.29 is 0 Å². The fraction of sp³-hybridized carbons (Fsp3) is 0.721. The summed E-state index contributed by atoms with van der Waals surface area (Å²) in [5.74, 6) is 0. The maximum atomic E-state index is 2.53. The first kappa shape index (κ1) is 37.6. The van der Waals surface area contributed by atoms with E-state index in [1.165, 1.54) is 16.7 Å². The van der Waals surface area contributed by atoms with Gasteiger partial charge < -0.3 is 0 Å². The van der Waals surface area contributed by atoms with Gasteiger partial charge in [-0.15, -0.1) is 0 Å². The average molecular weight is 589 g/mol. The van der Waals surface area contributed by atoms with Crippen LogP contribution in [0, 0.1) is 0 Å². The van der Waals surface area contributed by atoms with Crippen LogP contribution in [0.25, 0.3) is 0 Å². The topological polar surface area (TPSA) is 0 Å². The molecule has 0 spiro atoms. The third-order valence-electron chi connectivity index (χ3n) is 9.24. The SMILES string of the molecule is CC(C)(C)c1ccc(C(C)(C)c2c(C(C)(C)C)c(C(C)(C)C)c(C(C)(C)C)c(C(C)(C)C)c2C(C)(C)C)c(C(C)(C)C)c1. The molecule has 0 N–H and O–H groups in total. The van der Waals surface area contributed by atoms with E-state index in [0.29, 0.717) is 0 Å². The first-order valence-corrected chi connectivity index (χ1v) is 17.0. The molecule has 0 aromatic heterocycles. The van der Waals surface area contributed by atoms with Gasteiger partial charge in [0.05, 0.1) is 0 Å². The van der Waals surface area contributed by atoms with Gasteiger partial charge in [-0.2, -0.15) is 0 Å². The van der Waals surface area contributed by atoms with Gasteiger partial charge in [-0.05, 0) is 88.0 Å². The van der Waals surface area contributed by atoms with Gasteiger partial charge in [-0.1, -0.05) is 177 Å². The smallest absolute Gasteiger partial charge is 0.0155 e. The lowest BCUT2D eigenvalue weighted by molar-refractivity contribution is 0.438. The lowest BCUT2D eigenvalue weighted by atomic mass is 9.55. The number of rotatable bonds is 2. The minimum absolute atomic E-state index is 0.00116. The molecule has 0 fully saturated rings. The maximum Gasteiger partial charge on any atom is 0.0155 e. The second-order valence-electron chi connectivity index (χ2n) is 21.4. The van der Waals surface area contributed by atoms with Crippen LogP contribution < -0.4 is 0 Å². The van der Waals surface area contributed by atoms with E-state index in [2.05, 4.69) is 177 Å². The molecule has 0 unspecified atom stereocenters. The number of hydrogen-bond donors (Lipinski definition) is 0. The number of benzene rings is 2. The molecule has 0 aliphatic carbocycles. The van der Waals surface area contributed by atoms with Crippen molar-refractivity contribution in [3.63, 3.8) is 0 Å². The molecule has 2 rings (SSSR count). The normalized spacial score (nSPS) is 14.9. The summed E-state index contributed by atoms with van der Waals surface area (Å²) in [4.78, 5) is 0. The van der Waals surface area contributed by atoms with Crippen LogP contribution in [0.5, 0.6) is 0 Å². The van der Waals surface area contributed by atoms with Crippen molar-refractivity contribution in [2.24, 2.45) is 0 Å². The molecule has 43 heavy (non-hydrogen) atoms. The van der Waals surface area contributed by atoms with Crippen LogP contribution in [0.1, 0.15) is 209 Å². The summed E-state index contributed by atoms with van der Waals surface area (Å²) in [7, 11) is 0. The fourth-order valence-electron chi connectivity index (χ4n) is 7.44. The molecular weight excluding hydrogens is 516 g/mol. The third kappa shape index (κ3) is 7.47. The molecule has 2 aromatic carbocycles. The summed E-state index contributed by atoms with van der Waals surface area (Å²) in [5.41, 5.74) is 13.5. The Morgan fingerprint density at radius 1 is 0.279 bits per heavy atom. The summed E-state index contributed by atoms with van der Waals surface area (Å²) in [6, 6.07) is 7.44. The Morgan fingerprint density at radius 2 is 0.558 bits per heavy atom. The Balaban J connectivity index is 3.60. The highest BCUT2D eigenvalue weighted by Gasteiger charge is 2.46. The van der Waals surface area contributed by atoms with Gasteiger partial charge in [-0.3, -0.25) is 0 Å². The van der Waals surface area contributed by atoms with Crippen LogP contribution >= 0.6 is 0 Å². The summed E-state index contributed by atoms with van der Waals surface area (Å²) in [6.45, 7) is 56.1. The first-order chi connectivity index (χ1) is 18.6. The molecule has 0 bridgehead atoms. The predicted molar refractivity (Wildman–Crippen MR) is 196 cm³/mol. The highest BCUT2D eigenvalue weighted by molar-refractivity contribution is 5.66. The van der Waals surface area contributed by atoms with Gasteiger partial charge in [0, 0.05) is 5.41 Å². The average Bonchev–Trinajstić information content (AvgIpc) is 2.72. The Hall–Kier alpha value is -1.56. The van der Waals surface area contributed by atoms with Crippen LogP contribution in [0.15, 0.2) is 18.2 Å². The summed E-state index contributed by atoms with van der Waals surface area (Å²) in [5, 5.41) is 0. The molecule has 2 aromatic rings. The van der Waals surface area contributed by atoms with Gasteiger partial charge in [0.2, 0.25) is 0 Å². The number of hydrogen-bond acceptors (Lipinski definition) is 0. The van der Waals surface area contributed by atoms with E-state index in [0.717, 1.165) is 0 Å². The standard InChI is InChI=1S/C43H72/c1-36(2,3)27-24-25-28(29(26-27)37(4,5)6)43(22,23)35-33(41(16,17)18)31(39(10,11)12)30(38(7,8)9)32(40(13,14)15)34(35)42(19,20)21/h24-26H,1-23H3. The van der Waals surface area contributed by atoms with Crippen molar-refractivity contribution in [1.82, 2.24) is 0 Å². The quantitative estimate of drug-likeness (QED) is 0.327. The Labute approximate surface area is 270 Å². The Morgan fingerprint density at radius 3 is 0.791 bits per heavy atom. The highest BCUT2D eigenvalue weighted by Crippen LogP contribution is 2.55. The molecule has 0 nitrogen and oxygen atoms in total. The molecular formula is C43H72. The molecule has 0 saturated heterocycles. The minimum atomic E-state index is -0.222. The maximum absolute atomic E-state index is 2.53. The van der Waals surface area contributed by atoms with E-state index in [4.69, 9.17) is 0 Å². The van der Waals surface area contributed by atoms with E-state index in [9.17, 15) is 0 Å². The zero-order valence-electron chi connectivity index (χ0n) is 33.2. The van der Waals surface area contributed by atoms with Crippen molar-refractivity contribution in [2.75, 3.05) is 0 Å². The molecule has 0 heteroatoms. The molecule has 0 aliphatic rings. The van der Waals surface area contributed by atoms with E-state index >= 15 is 0 Å². The summed E-state index contributed by atoms with van der Waals surface area (Å²) >= 11 is 0. The molecule has 0 amide bonds. The van der Waals surface area contributed by atoms with E-state index < -0.39 is 0 Å². The Kier molecular flexibility index (Phi) is 9.42. The third-order valence-corrected chi connectivity index (χ3v) is 9.24. The summed E-state index contributed by atoms with van der Waals surface area (Å²) in [6.07, 6.45) is 0. The molecule has 0 heterocycles. The molecule has 0 saturated carbocycles. The summed E-state index contributed by atoms with van der Waals surface area (Å²) < 4.78 is 0. The zero-order valence-corrected chi connectivity index (χ0v) is 33.2. The fourth-order valence-corrected chi connectivity index (χ4v) is 7.44. The zero-order chi connectivity index (χ0) is 34.3. The lowest BCUT2D eigenvalue weighted by Gasteiger charge is -2.49. The monoisotopic (exact) mass is 589 g/mol. The van der Waals surface area contributed by atoms with Crippen LogP contribution in [0.3, 0.4) is 0 Å². The van der Waals surface area contributed by atoms with Crippen molar-refractivity contribution >= 4 is 0 Å². The van der Waals surface area contributed by atoms with E-state index in [1.54, 1.807) is 33.4 Å². The van der Waals surface area contributed by atoms with Crippen LogP contribution in [0.4, 0.5) is 0 Å². The van der Waals surface area contributed by atoms with Gasteiger partial charge in [0.25, 0.3) is 0 Å². The van der Waals surface area contributed by atoms with Gasteiger partial charge in [0.1, 0.15) is 0 Å². The molecule has 0 aliphatic heterocycles. The minimum Gasteiger partial charge on any atom is -0.0582 e. The van der Waals surface area contributed by atoms with Crippen molar-refractivity contribution in [3.8, 4) is 0 Å². The van der Waals surface area contributed by atoms with E-state index in [1.807, 2.05) is 0 Å². The van der Waals surface area contributed by atoms with Gasteiger partial charge >= 0.3 is 0 Å².